The second kappa shape index (κ2) is 11.2. The zero-order chi connectivity index (χ0) is 29.1. The molecule has 210 valence electrons. The summed E-state index contributed by atoms with van der Waals surface area (Å²) in [4.78, 5) is 37.4. The van der Waals surface area contributed by atoms with Crippen molar-refractivity contribution in [2.75, 3.05) is 23.8 Å². The van der Waals surface area contributed by atoms with Gasteiger partial charge in [0.1, 0.15) is 52.8 Å². The summed E-state index contributed by atoms with van der Waals surface area (Å²) in [6.07, 6.45) is -0.952. The van der Waals surface area contributed by atoms with Crippen molar-refractivity contribution in [1.82, 2.24) is 29.9 Å². The molecule has 0 unspecified atom stereocenters. The van der Waals surface area contributed by atoms with E-state index in [4.69, 9.17) is 9.84 Å². The Morgan fingerprint density at radius 2 is 1.93 bits per heavy atom. The number of aryl methyl sites for hydroxylation is 2. The Morgan fingerprint density at radius 3 is 2.71 bits per heavy atom. The van der Waals surface area contributed by atoms with E-state index >= 15 is 0 Å². The SMILES string of the molecule is Cc1nc2c(-c3cccnc3Nc3cc(NC(=O)c4cc(C(F)(F)F)c(OCCO)cn4)ccc3C)ncnc2[nH]1. The van der Waals surface area contributed by atoms with Gasteiger partial charge in [-0.05, 0) is 49.7 Å². The van der Waals surface area contributed by atoms with E-state index in [0.29, 0.717) is 51.5 Å². The molecule has 0 aliphatic carbocycles. The number of aliphatic hydroxyl groups is 1. The zero-order valence-corrected chi connectivity index (χ0v) is 21.7. The van der Waals surface area contributed by atoms with E-state index in [0.717, 1.165) is 11.8 Å². The smallest absolute Gasteiger partial charge is 0.420 e. The molecule has 0 radical (unpaired) electrons. The molecule has 4 heterocycles. The highest BCUT2D eigenvalue weighted by molar-refractivity contribution is 6.03. The predicted molar refractivity (Wildman–Crippen MR) is 144 cm³/mol. The summed E-state index contributed by atoms with van der Waals surface area (Å²) in [5.41, 5.74) is 2.46. The largest absolute Gasteiger partial charge is 0.489 e. The van der Waals surface area contributed by atoms with Crippen LogP contribution in [-0.4, -0.2) is 54.1 Å². The quantitative estimate of drug-likeness (QED) is 0.208. The first-order chi connectivity index (χ1) is 19.6. The number of alkyl halides is 3. The van der Waals surface area contributed by atoms with Crippen LogP contribution in [0.5, 0.6) is 5.75 Å². The number of halogens is 3. The monoisotopic (exact) mass is 564 g/mol. The number of rotatable bonds is 8. The van der Waals surface area contributed by atoms with Gasteiger partial charge in [0, 0.05) is 23.1 Å². The minimum absolute atomic E-state index is 0.309. The molecule has 0 spiro atoms. The van der Waals surface area contributed by atoms with Gasteiger partial charge in [-0.1, -0.05) is 6.07 Å². The summed E-state index contributed by atoms with van der Waals surface area (Å²) in [6, 6.07) is 9.18. The molecule has 0 aliphatic rings. The Labute approximate surface area is 230 Å². The molecule has 0 saturated heterocycles. The van der Waals surface area contributed by atoms with E-state index in [1.807, 2.05) is 19.9 Å². The van der Waals surface area contributed by atoms with E-state index in [1.165, 1.54) is 6.33 Å². The van der Waals surface area contributed by atoms with Gasteiger partial charge in [0.2, 0.25) is 0 Å². The average molecular weight is 565 g/mol. The molecular weight excluding hydrogens is 541 g/mol. The van der Waals surface area contributed by atoms with Crippen molar-refractivity contribution in [3.63, 3.8) is 0 Å². The Bertz CT molecular complexity index is 1740. The van der Waals surface area contributed by atoms with E-state index in [2.05, 4.69) is 40.5 Å². The van der Waals surface area contributed by atoms with Gasteiger partial charge < -0.3 is 25.5 Å². The molecule has 11 nitrogen and oxygen atoms in total. The van der Waals surface area contributed by atoms with Crippen LogP contribution in [0.3, 0.4) is 0 Å². The number of carbonyl (C=O) groups excluding carboxylic acids is 1. The van der Waals surface area contributed by atoms with Crippen LogP contribution in [0, 0.1) is 13.8 Å². The van der Waals surface area contributed by atoms with Crippen LogP contribution < -0.4 is 15.4 Å². The van der Waals surface area contributed by atoms with Crippen LogP contribution in [0.15, 0.2) is 55.1 Å². The van der Waals surface area contributed by atoms with Crippen LogP contribution in [-0.2, 0) is 6.18 Å². The van der Waals surface area contributed by atoms with Gasteiger partial charge in [0.25, 0.3) is 5.91 Å². The topological polar surface area (TPSA) is 151 Å². The number of pyridine rings is 2. The molecule has 4 N–H and O–H groups in total. The Hall–Kier alpha value is -5.11. The third-order valence-corrected chi connectivity index (χ3v) is 5.97. The molecule has 4 aromatic heterocycles. The van der Waals surface area contributed by atoms with Crippen LogP contribution in [0.25, 0.3) is 22.4 Å². The van der Waals surface area contributed by atoms with Gasteiger partial charge in [0.05, 0.1) is 12.8 Å². The van der Waals surface area contributed by atoms with Crippen LogP contribution in [0.2, 0.25) is 0 Å². The number of amides is 1. The molecule has 0 fully saturated rings. The number of imidazole rings is 1. The van der Waals surface area contributed by atoms with Crippen molar-refractivity contribution in [3.05, 3.63) is 77.8 Å². The van der Waals surface area contributed by atoms with Crippen LogP contribution >= 0.6 is 0 Å². The summed E-state index contributed by atoms with van der Waals surface area (Å²) < 4.78 is 45.6. The number of benzene rings is 1. The summed E-state index contributed by atoms with van der Waals surface area (Å²) >= 11 is 0. The number of ether oxygens (including phenoxy) is 1. The highest BCUT2D eigenvalue weighted by atomic mass is 19.4. The normalized spacial score (nSPS) is 11.5. The first kappa shape index (κ1) is 27.5. The van der Waals surface area contributed by atoms with E-state index in [1.54, 1.807) is 30.5 Å². The number of hydrogen-bond acceptors (Lipinski definition) is 9. The highest BCUT2D eigenvalue weighted by Crippen LogP contribution is 2.36. The molecule has 0 bridgehead atoms. The average Bonchev–Trinajstić information content (AvgIpc) is 3.34. The van der Waals surface area contributed by atoms with Gasteiger partial charge in [-0.3, -0.25) is 4.79 Å². The molecule has 0 atom stereocenters. The lowest BCUT2D eigenvalue weighted by Gasteiger charge is -2.15. The van der Waals surface area contributed by atoms with Gasteiger partial charge in [-0.2, -0.15) is 13.2 Å². The number of fused-ring (bicyclic) bond motifs is 1. The fraction of sp³-hybridized carbons (Fsp3) is 0.185. The minimum atomic E-state index is -4.80. The lowest BCUT2D eigenvalue weighted by molar-refractivity contribution is -0.139. The number of nitrogens with one attached hydrogen (secondary N) is 3. The third-order valence-electron chi connectivity index (χ3n) is 5.97. The predicted octanol–water partition coefficient (Wildman–Crippen LogP) is 4.81. The summed E-state index contributed by atoms with van der Waals surface area (Å²) in [5.74, 6) is -0.282. The molecule has 0 saturated carbocycles. The molecule has 5 rings (SSSR count). The van der Waals surface area contributed by atoms with Gasteiger partial charge in [0.15, 0.2) is 5.65 Å². The summed E-state index contributed by atoms with van der Waals surface area (Å²) in [5, 5.41) is 14.7. The number of H-pyrrole nitrogens is 1. The summed E-state index contributed by atoms with van der Waals surface area (Å²) in [7, 11) is 0. The fourth-order valence-corrected chi connectivity index (χ4v) is 4.05. The number of nitrogens with zero attached hydrogens (tertiary/aromatic N) is 5. The minimum Gasteiger partial charge on any atom is -0.489 e. The van der Waals surface area contributed by atoms with Crippen molar-refractivity contribution < 1.29 is 27.8 Å². The Balaban J connectivity index is 1.42. The number of hydrogen-bond donors (Lipinski definition) is 4. The second-order valence-electron chi connectivity index (χ2n) is 8.89. The molecule has 41 heavy (non-hydrogen) atoms. The summed E-state index contributed by atoms with van der Waals surface area (Å²) in [6.45, 7) is 2.83. The molecule has 1 amide bonds. The maximum atomic E-state index is 13.6. The number of carbonyl (C=O) groups is 1. The van der Waals surface area contributed by atoms with Crippen molar-refractivity contribution in [1.29, 1.82) is 0 Å². The van der Waals surface area contributed by atoms with Crippen molar-refractivity contribution >= 4 is 34.3 Å². The first-order valence-corrected chi connectivity index (χ1v) is 12.3. The van der Waals surface area contributed by atoms with Crippen molar-refractivity contribution in [2.45, 2.75) is 20.0 Å². The van der Waals surface area contributed by atoms with Gasteiger partial charge in [-0.25, -0.2) is 24.9 Å². The highest BCUT2D eigenvalue weighted by Gasteiger charge is 2.35. The molecule has 0 aliphatic heterocycles. The maximum Gasteiger partial charge on any atom is 0.420 e. The number of anilines is 3. The van der Waals surface area contributed by atoms with Gasteiger partial charge >= 0.3 is 6.18 Å². The zero-order valence-electron chi connectivity index (χ0n) is 21.7. The van der Waals surface area contributed by atoms with Crippen molar-refractivity contribution in [2.24, 2.45) is 0 Å². The molecular formula is C27H23F3N8O3. The van der Waals surface area contributed by atoms with Gasteiger partial charge in [-0.15, -0.1) is 0 Å². The third kappa shape index (κ3) is 5.91. The fourth-order valence-electron chi connectivity index (χ4n) is 4.05. The standard InChI is InChI=1S/C27H23F3N8O3/c1-14-5-6-16(37-26(40)20-11-18(27(28,29)30)21(12-32-20)41-9-8-39)10-19(14)38-24-17(4-3-7-31-24)22-23-25(34-13-33-22)36-15(2)35-23/h3-7,10-13,39H,8-9H2,1-2H3,(H,31,38)(H,37,40)(H,33,34,35,36). The molecule has 5 aromatic rings. The first-order valence-electron chi connectivity index (χ1n) is 12.3. The van der Waals surface area contributed by atoms with Crippen molar-refractivity contribution in [3.8, 4) is 17.0 Å². The Kier molecular flexibility index (Phi) is 7.48. The van der Waals surface area contributed by atoms with E-state index in [-0.39, 0.29) is 6.61 Å². The van der Waals surface area contributed by atoms with Crippen LogP contribution in [0.4, 0.5) is 30.4 Å². The number of aromatic nitrogens is 6. The Morgan fingerprint density at radius 1 is 1.10 bits per heavy atom. The molecule has 1 aromatic carbocycles. The number of aromatic amines is 1. The lowest BCUT2D eigenvalue weighted by atomic mass is 10.1. The van der Waals surface area contributed by atoms with E-state index < -0.39 is 35.7 Å². The van der Waals surface area contributed by atoms with Crippen LogP contribution in [0.1, 0.15) is 27.4 Å². The second-order valence-corrected chi connectivity index (χ2v) is 8.89. The lowest BCUT2D eigenvalue weighted by Crippen LogP contribution is -2.17. The van der Waals surface area contributed by atoms with E-state index in [9.17, 15) is 18.0 Å². The number of aliphatic hydroxyl groups excluding tert-OH is 1. The maximum absolute atomic E-state index is 13.6. The molecule has 14 heteroatoms.